The van der Waals surface area contributed by atoms with Gasteiger partial charge in [-0.15, -0.1) is 0 Å². The van der Waals surface area contributed by atoms with Gasteiger partial charge in [-0.3, -0.25) is 0 Å². The summed E-state index contributed by atoms with van der Waals surface area (Å²) >= 11 is 1.72. The van der Waals surface area contributed by atoms with Crippen LogP contribution >= 0.6 is 11.8 Å². The lowest BCUT2D eigenvalue weighted by Gasteiger charge is -2.11. The van der Waals surface area contributed by atoms with E-state index in [2.05, 4.69) is 18.0 Å². The first-order chi connectivity index (χ1) is 8.19. The van der Waals surface area contributed by atoms with Gasteiger partial charge >= 0.3 is 0 Å². The smallest absolute Gasteiger partial charge is 0.123 e. The number of hydrogen-bond acceptors (Lipinski definition) is 2. The highest BCUT2D eigenvalue weighted by atomic mass is 32.2. The van der Waals surface area contributed by atoms with Gasteiger partial charge in [-0.2, -0.15) is 11.8 Å². The zero-order chi connectivity index (χ0) is 12.3. The fraction of sp³-hybridized carbons (Fsp3) is 0.308. The van der Waals surface area contributed by atoms with Crippen LogP contribution in [0, 0.1) is 5.82 Å². The van der Waals surface area contributed by atoms with Gasteiger partial charge in [0.25, 0.3) is 0 Å². The molecule has 2 aromatic rings. The summed E-state index contributed by atoms with van der Waals surface area (Å²) in [6.07, 6.45) is 7.38. The third-order valence-corrected chi connectivity index (χ3v) is 3.71. The van der Waals surface area contributed by atoms with Crippen molar-refractivity contribution in [3.05, 3.63) is 53.9 Å². The van der Waals surface area contributed by atoms with E-state index in [0.717, 1.165) is 11.1 Å². The molecule has 2 rings (SSSR count). The Morgan fingerprint density at radius 2 is 2.24 bits per heavy atom. The van der Waals surface area contributed by atoms with E-state index in [0.29, 0.717) is 11.8 Å². The van der Waals surface area contributed by atoms with Gasteiger partial charge in [0, 0.05) is 24.2 Å². The summed E-state index contributed by atoms with van der Waals surface area (Å²) in [6.45, 7) is 2.74. The number of hydrogen-bond donors (Lipinski definition) is 0. The monoisotopic (exact) mass is 250 g/mol. The Kier molecular flexibility index (Phi) is 3.84. The Morgan fingerprint density at radius 1 is 1.41 bits per heavy atom. The van der Waals surface area contributed by atoms with Crippen LogP contribution in [0.15, 0.2) is 36.9 Å². The maximum Gasteiger partial charge on any atom is 0.123 e. The molecule has 0 aliphatic carbocycles. The number of aromatic nitrogens is 2. The number of nitrogens with zero attached hydrogens (tertiary/aromatic N) is 2. The Balaban J connectivity index is 2.25. The maximum atomic E-state index is 13.5. The number of rotatable bonds is 4. The third kappa shape index (κ3) is 3.09. The van der Waals surface area contributed by atoms with Crippen LogP contribution in [0.1, 0.15) is 23.3 Å². The average Bonchev–Trinajstić information content (AvgIpc) is 2.80. The zero-order valence-corrected chi connectivity index (χ0v) is 10.7. The van der Waals surface area contributed by atoms with E-state index in [1.807, 2.05) is 17.0 Å². The fourth-order valence-electron chi connectivity index (χ4n) is 1.73. The largest absolute Gasteiger partial charge is 0.333 e. The van der Waals surface area contributed by atoms with E-state index in [4.69, 9.17) is 0 Å². The van der Waals surface area contributed by atoms with Gasteiger partial charge in [0.05, 0.1) is 6.33 Å². The lowest BCUT2D eigenvalue weighted by atomic mass is 10.1. The summed E-state index contributed by atoms with van der Waals surface area (Å²) in [6, 6.07) is 5.25. The van der Waals surface area contributed by atoms with Crippen molar-refractivity contribution in [1.82, 2.24) is 9.55 Å². The highest BCUT2D eigenvalue weighted by Gasteiger charge is 2.07. The van der Waals surface area contributed by atoms with Gasteiger partial charge in [-0.25, -0.2) is 9.37 Å². The molecular formula is C13H15FN2S. The molecule has 0 spiro atoms. The third-order valence-electron chi connectivity index (χ3n) is 2.73. The van der Waals surface area contributed by atoms with Crippen LogP contribution in [0.5, 0.6) is 0 Å². The molecule has 1 heterocycles. The predicted octanol–water partition coefficient (Wildman–Crippen LogP) is 3.49. The average molecular weight is 250 g/mol. The molecule has 90 valence electrons. The minimum absolute atomic E-state index is 0.168. The molecule has 1 aromatic carbocycles. The Hall–Kier alpha value is -1.29. The zero-order valence-electron chi connectivity index (χ0n) is 9.93. The van der Waals surface area contributed by atoms with Crippen LogP contribution in [-0.2, 0) is 6.54 Å². The van der Waals surface area contributed by atoms with E-state index < -0.39 is 0 Å². The van der Waals surface area contributed by atoms with Crippen LogP contribution in [0.3, 0.4) is 0 Å². The summed E-state index contributed by atoms with van der Waals surface area (Å²) in [5.74, 6) is -0.168. The standard InChI is InChI=1S/C13H15FN2S/c1-10(17-2)12-5-11(6-13(14)7-12)8-16-4-3-15-9-16/h3-7,9-10H,8H2,1-2H3. The second-order valence-electron chi connectivity index (χ2n) is 4.01. The molecule has 0 aliphatic heterocycles. The van der Waals surface area contributed by atoms with Gasteiger partial charge in [-0.05, 0) is 36.4 Å². The van der Waals surface area contributed by atoms with E-state index in [1.165, 1.54) is 0 Å². The van der Waals surface area contributed by atoms with Gasteiger partial charge in [0.15, 0.2) is 0 Å². The molecule has 17 heavy (non-hydrogen) atoms. The van der Waals surface area contributed by atoms with Gasteiger partial charge in [0.2, 0.25) is 0 Å². The van der Waals surface area contributed by atoms with Gasteiger partial charge in [-0.1, -0.05) is 6.07 Å². The minimum atomic E-state index is -0.168. The van der Waals surface area contributed by atoms with Crippen molar-refractivity contribution in [2.24, 2.45) is 0 Å². The van der Waals surface area contributed by atoms with Crippen LogP contribution in [0.2, 0.25) is 0 Å². The van der Waals surface area contributed by atoms with E-state index in [1.54, 1.807) is 36.4 Å². The summed E-state index contributed by atoms with van der Waals surface area (Å²) in [7, 11) is 0. The minimum Gasteiger partial charge on any atom is -0.333 e. The maximum absolute atomic E-state index is 13.5. The second-order valence-corrected chi connectivity index (χ2v) is 5.18. The highest BCUT2D eigenvalue weighted by Crippen LogP contribution is 2.27. The molecule has 1 unspecified atom stereocenters. The number of halogens is 1. The number of imidazole rings is 1. The van der Waals surface area contributed by atoms with Crippen molar-refractivity contribution < 1.29 is 4.39 Å². The van der Waals surface area contributed by atoms with E-state index in [9.17, 15) is 4.39 Å². The number of thioether (sulfide) groups is 1. The predicted molar refractivity (Wildman–Crippen MR) is 69.7 cm³/mol. The van der Waals surface area contributed by atoms with Crippen molar-refractivity contribution in [1.29, 1.82) is 0 Å². The first-order valence-electron chi connectivity index (χ1n) is 5.47. The molecule has 0 radical (unpaired) electrons. The lowest BCUT2D eigenvalue weighted by molar-refractivity contribution is 0.621. The molecule has 0 saturated carbocycles. The molecular weight excluding hydrogens is 235 g/mol. The Labute approximate surface area is 105 Å². The molecule has 1 atom stereocenters. The van der Waals surface area contributed by atoms with E-state index in [-0.39, 0.29) is 5.82 Å². The molecule has 2 nitrogen and oxygen atoms in total. The van der Waals surface area contributed by atoms with Crippen molar-refractivity contribution in [3.63, 3.8) is 0 Å². The highest BCUT2D eigenvalue weighted by molar-refractivity contribution is 7.98. The molecule has 0 amide bonds. The molecule has 0 aliphatic rings. The molecule has 0 bridgehead atoms. The molecule has 1 aromatic heterocycles. The summed E-state index contributed by atoms with van der Waals surface area (Å²) in [4.78, 5) is 3.98. The van der Waals surface area contributed by atoms with Crippen molar-refractivity contribution in [2.45, 2.75) is 18.7 Å². The first-order valence-corrected chi connectivity index (χ1v) is 6.75. The van der Waals surface area contributed by atoms with Gasteiger partial charge in [0.1, 0.15) is 5.82 Å². The van der Waals surface area contributed by atoms with E-state index >= 15 is 0 Å². The lowest BCUT2D eigenvalue weighted by Crippen LogP contribution is -1.99. The number of benzene rings is 1. The quantitative estimate of drug-likeness (QED) is 0.826. The van der Waals surface area contributed by atoms with Crippen LogP contribution < -0.4 is 0 Å². The normalized spacial score (nSPS) is 12.6. The van der Waals surface area contributed by atoms with Gasteiger partial charge < -0.3 is 4.57 Å². The van der Waals surface area contributed by atoms with Crippen molar-refractivity contribution >= 4 is 11.8 Å². The summed E-state index contributed by atoms with van der Waals surface area (Å²) < 4.78 is 15.5. The molecule has 0 saturated heterocycles. The molecule has 4 heteroatoms. The van der Waals surface area contributed by atoms with Crippen molar-refractivity contribution in [3.8, 4) is 0 Å². The van der Waals surface area contributed by atoms with Crippen LogP contribution in [0.4, 0.5) is 4.39 Å². The Bertz CT molecular complexity index is 482. The van der Waals surface area contributed by atoms with Crippen LogP contribution in [0.25, 0.3) is 0 Å². The summed E-state index contributed by atoms with van der Waals surface area (Å²) in [5.41, 5.74) is 2.01. The molecule has 0 N–H and O–H groups in total. The van der Waals surface area contributed by atoms with Crippen molar-refractivity contribution in [2.75, 3.05) is 6.26 Å². The van der Waals surface area contributed by atoms with Crippen LogP contribution in [-0.4, -0.2) is 15.8 Å². The second kappa shape index (κ2) is 5.36. The SMILES string of the molecule is CSC(C)c1cc(F)cc(Cn2ccnc2)c1. The fourth-order valence-corrected chi connectivity index (χ4v) is 2.14. The summed E-state index contributed by atoms with van der Waals surface area (Å²) in [5, 5.41) is 0.312. The molecule has 0 fully saturated rings. The first kappa shape index (κ1) is 12.2. The Morgan fingerprint density at radius 3 is 2.88 bits per heavy atom. The topological polar surface area (TPSA) is 17.8 Å².